The molecule has 0 spiro atoms. The Morgan fingerprint density at radius 1 is 1.13 bits per heavy atom. The molecule has 158 valence electrons. The number of likely N-dealkylation sites (N-methyl/N-ethyl adjacent to an activating group) is 1. The number of amides is 1. The predicted octanol–water partition coefficient (Wildman–Crippen LogP) is 3.03. The second-order valence-corrected chi connectivity index (χ2v) is 8.14. The van der Waals surface area contributed by atoms with Crippen LogP contribution in [0.3, 0.4) is 0 Å². The molecule has 4 rings (SSSR count). The van der Waals surface area contributed by atoms with Gasteiger partial charge in [-0.15, -0.1) is 0 Å². The molecule has 2 aliphatic rings. The maximum Gasteiger partial charge on any atom is 0.243 e. The lowest BCUT2D eigenvalue weighted by Crippen LogP contribution is -2.43. The zero-order valence-electron chi connectivity index (χ0n) is 17.8. The smallest absolute Gasteiger partial charge is 0.243 e. The Balaban J connectivity index is 1.53. The number of carbonyl (C=O) groups is 1. The molecule has 1 saturated heterocycles. The van der Waals surface area contributed by atoms with Gasteiger partial charge in [-0.2, -0.15) is 0 Å². The van der Waals surface area contributed by atoms with E-state index >= 15 is 0 Å². The molecular formula is C24H30N4O2. The fourth-order valence-corrected chi connectivity index (χ4v) is 4.12. The van der Waals surface area contributed by atoms with Gasteiger partial charge in [-0.05, 0) is 18.1 Å². The largest absolute Gasteiger partial charge is 0.493 e. The van der Waals surface area contributed by atoms with Crippen molar-refractivity contribution >= 4 is 11.9 Å². The van der Waals surface area contributed by atoms with Crippen LogP contribution in [0.2, 0.25) is 0 Å². The first-order valence-corrected chi connectivity index (χ1v) is 10.6. The Bertz CT molecular complexity index is 897. The van der Waals surface area contributed by atoms with Crippen molar-refractivity contribution in [2.24, 2.45) is 4.99 Å². The first-order valence-electron chi connectivity index (χ1n) is 10.6. The topological polar surface area (TPSA) is 57.2 Å². The van der Waals surface area contributed by atoms with Gasteiger partial charge >= 0.3 is 0 Å². The highest BCUT2D eigenvalue weighted by Gasteiger charge is 2.29. The summed E-state index contributed by atoms with van der Waals surface area (Å²) in [4.78, 5) is 20.8. The van der Waals surface area contributed by atoms with Gasteiger partial charge in [-0.1, -0.05) is 48.5 Å². The van der Waals surface area contributed by atoms with E-state index in [-0.39, 0.29) is 18.5 Å². The highest BCUT2D eigenvalue weighted by atomic mass is 16.5. The van der Waals surface area contributed by atoms with E-state index in [1.54, 1.807) is 19.0 Å². The van der Waals surface area contributed by atoms with Crippen LogP contribution in [0.15, 0.2) is 59.6 Å². The van der Waals surface area contributed by atoms with E-state index in [0.717, 1.165) is 43.2 Å². The van der Waals surface area contributed by atoms with Crippen molar-refractivity contribution in [2.75, 3.05) is 40.3 Å². The van der Waals surface area contributed by atoms with Crippen molar-refractivity contribution in [1.82, 2.24) is 15.1 Å². The maximum absolute atomic E-state index is 12.2. The monoisotopic (exact) mass is 406 g/mol. The van der Waals surface area contributed by atoms with Crippen LogP contribution in [-0.4, -0.2) is 62.0 Å². The lowest BCUT2D eigenvalue weighted by atomic mass is 9.99. The number of benzene rings is 2. The molecule has 1 N–H and O–H groups in total. The van der Waals surface area contributed by atoms with Crippen molar-refractivity contribution in [1.29, 1.82) is 0 Å². The molecule has 0 aromatic heterocycles. The SMILES string of the molecule is CN(C)C(=O)CN=C(NC1CCOc2ccccc21)N1CCC(c2ccccc2)C1. The van der Waals surface area contributed by atoms with Gasteiger partial charge in [0.1, 0.15) is 12.3 Å². The number of rotatable bonds is 4. The summed E-state index contributed by atoms with van der Waals surface area (Å²) in [5, 5.41) is 3.65. The van der Waals surface area contributed by atoms with E-state index in [4.69, 9.17) is 9.73 Å². The summed E-state index contributed by atoms with van der Waals surface area (Å²) in [6.45, 7) is 2.64. The molecule has 1 fully saturated rings. The predicted molar refractivity (Wildman–Crippen MR) is 119 cm³/mol. The second kappa shape index (κ2) is 9.20. The number of guanidine groups is 1. The van der Waals surface area contributed by atoms with E-state index in [1.807, 2.05) is 18.2 Å². The maximum atomic E-state index is 12.2. The molecule has 2 aliphatic heterocycles. The number of aliphatic imine (C=N–C) groups is 1. The molecule has 0 saturated carbocycles. The minimum Gasteiger partial charge on any atom is -0.493 e. The van der Waals surface area contributed by atoms with Crippen molar-refractivity contribution in [2.45, 2.75) is 24.8 Å². The van der Waals surface area contributed by atoms with Crippen molar-refractivity contribution in [3.05, 3.63) is 65.7 Å². The zero-order valence-corrected chi connectivity index (χ0v) is 17.8. The lowest BCUT2D eigenvalue weighted by molar-refractivity contribution is -0.127. The molecule has 6 heteroatoms. The summed E-state index contributed by atoms with van der Waals surface area (Å²) < 4.78 is 5.81. The van der Waals surface area contributed by atoms with Gasteiger partial charge < -0.3 is 19.9 Å². The molecule has 30 heavy (non-hydrogen) atoms. The summed E-state index contributed by atoms with van der Waals surface area (Å²) in [5.41, 5.74) is 2.51. The number of nitrogens with zero attached hydrogens (tertiary/aromatic N) is 3. The first-order chi connectivity index (χ1) is 14.6. The van der Waals surface area contributed by atoms with Crippen LogP contribution in [0.4, 0.5) is 0 Å². The number of ether oxygens (including phenoxy) is 1. The summed E-state index contributed by atoms with van der Waals surface area (Å²) in [7, 11) is 3.53. The Morgan fingerprint density at radius 2 is 1.90 bits per heavy atom. The van der Waals surface area contributed by atoms with E-state index in [0.29, 0.717) is 12.5 Å². The number of fused-ring (bicyclic) bond motifs is 1. The third-order valence-corrected chi connectivity index (χ3v) is 5.88. The van der Waals surface area contributed by atoms with Gasteiger partial charge in [0.15, 0.2) is 5.96 Å². The molecule has 2 aromatic rings. The van der Waals surface area contributed by atoms with E-state index < -0.39 is 0 Å². The van der Waals surface area contributed by atoms with E-state index in [1.165, 1.54) is 5.56 Å². The van der Waals surface area contributed by atoms with Crippen LogP contribution in [0.1, 0.15) is 35.9 Å². The first kappa shape index (κ1) is 20.3. The Kier molecular flexibility index (Phi) is 6.21. The van der Waals surface area contributed by atoms with Crippen LogP contribution in [0, 0.1) is 0 Å². The lowest BCUT2D eigenvalue weighted by Gasteiger charge is -2.31. The van der Waals surface area contributed by atoms with Crippen LogP contribution in [0.25, 0.3) is 0 Å². The van der Waals surface area contributed by atoms with E-state index in [2.05, 4.69) is 46.6 Å². The van der Waals surface area contributed by atoms with Gasteiger partial charge in [0.05, 0.1) is 12.6 Å². The Morgan fingerprint density at radius 3 is 2.70 bits per heavy atom. The average Bonchev–Trinajstić information content (AvgIpc) is 3.27. The quantitative estimate of drug-likeness (QED) is 0.626. The third-order valence-electron chi connectivity index (χ3n) is 5.88. The number of carbonyl (C=O) groups excluding carboxylic acids is 1. The molecule has 0 aliphatic carbocycles. The summed E-state index contributed by atoms with van der Waals surface area (Å²) in [6, 6.07) is 18.9. The average molecular weight is 407 g/mol. The second-order valence-electron chi connectivity index (χ2n) is 8.14. The highest BCUT2D eigenvalue weighted by Crippen LogP contribution is 2.32. The van der Waals surface area contributed by atoms with Crippen LogP contribution in [0.5, 0.6) is 5.75 Å². The molecule has 2 unspecified atom stereocenters. The normalized spacial score (nSPS) is 21.0. The molecule has 2 heterocycles. The number of likely N-dealkylation sites (tertiary alicyclic amines) is 1. The Hall–Kier alpha value is -3.02. The summed E-state index contributed by atoms with van der Waals surface area (Å²) in [5.74, 6) is 2.21. The summed E-state index contributed by atoms with van der Waals surface area (Å²) in [6.07, 6.45) is 1.95. The van der Waals surface area contributed by atoms with E-state index in [9.17, 15) is 4.79 Å². The van der Waals surface area contributed by atoms with Crippen LogP contribution in [-0.2, 0) is 4.79 Å². The summed E-state index contributed by atoms with van der Waals surface area (Å²) >= 11 is 0. The zero-order chi connectivity index (χ0) is 20.9. The van der Waals surface area contributed by atoms with Gasteiger partial charge in [0.2, 0.25) is 5.91 Å². The van der Waals surface area contributed by atoms with Gasteiger partial charge in [0.25, 0.3) is 0 Å². The highest BCUT2D eigenvalue weighted by molar-refractivity contribution is 5.85. The number of nitrogens with one attached hydrogen (secondary N) is 1. The van der Waals surface area contributed by atoms with Gasteiger partial charge in [-0.25, -0.2) is 4.99 Å². The third kappa shape index (κ3) is 4.58. The minimum absolute atomic E-state index is 0.000448. The fourth-order valence-electron chi connectivity index (χ4n) is 4.12. The van der Waals surface area contributed by atoms with Crippen LogP contribution >= 0.6 is 0 Å². The van der Waals surface area contributed by atoms with Gasteiger partial charge in [-0.3, -0.25) is 4.79 Å². The molecule has 1 amide bonds. The molecule has 0 bridgehead atoms. The number of para-hydroxylation sites is 1. The van der Waals surface area contributed by atoms with Crippen LogP contribution < -0.4 is 10.1 Å². The molecule has 6 nitrogen and oxygen atoms in total. The fraction of sp³-hybridized carbons (Fsp3) is 0.417. The molecule has 2 atom stereocenters. The Labute approximate surface area is 178 Å². The minimum atomic E-state index is 0.000448. The number of hydrogen-bond donors (Lipinski definition) is 1. The van der Waals surface area contributed by atoms with Crippen molar-refractivity contribution in [3.8, 4) is 5.75 Å². The number of hydrogen-bond acceptors (Lipinski definition) is 3. The van der Waals surface area contributed by atoms with Gasteiger partial charge in [0, 0.05) is 45.1 Å². The standard InChI is InChI=1S/C24H30N4O2/c1-27(2)23(29)16-25-24(26-21-13-15-30-22-11-7-6-10-20(21)22)28-14-12-19(17-28)18-8-4-3-5-9-18/h3-11,19,21H,12-17H2,1-2H3,(H,25,26). The molecular weight excluding hydrogens is 376 g/mol. The van der Waals surface area contributed by atoms with Crippen molar-refractivity contribution < 1.29 is 9.53 Å². The van der Waals surface area contributed by atoms with Crippen molar-refractivity contribution in [3.63, 3.8) is 0 Å². The molecule has 0 radical (unpaired) electrons. The molecule has 2 aromatic carbocycles.